The SMILES string of the molecule is CCOc1ccccc1[C@H](CN)N1C[C@@H](C)O[C@H](C)C1. The Bertz CT molecular complexity index is 415. The van der Waals surface area contributed by atoms with E-state index in [9.17, 15) is 0 Å². The molecule has 0 saturated carbocycles. The maximum Gasteiger partial charge on any atom is 0.124 e. The van der Waals surface area contributed by atoms with Crippen LogP contribution >= 0.6 is 0 Å². The zero-order valence-electron chi connectivity index (χ0n) is 12.7. The summed E-state index contributed by atoms with van der Waals surface area (Å²) in [7, 11) is 0. The predicted molar refractivity (Wildman–Crippen MR) is 81.0 cm³/mol. The lowest BCUT2D eigenvalue weighted by Crippen LogP contribution is -2.48. The number of rotatable bonds is 5. The van der Waals surface area contributed by atoms with Crippen molar-refractivity contribution in [2.75, 3.05) is 26.2 Å². The molecule has 1 aromatic rings. The van der Waals surface area contributed by atoms with E-state index in [0.717, 1.165) is 18.8 Å². The molecule has 0 amide bonds. The number of ether oxygens (including phenoxy) is 2. The Morgan fingerprint density at radius 1 is 1.30 bits per heavy atom. The largest absolute Gasteiger partial charge is 0.494 e. The fourth-order valence-corrected chi connectivity index (χ4v) is 2.99. The predicted octanol–water partition coefficient (Wildman–Crippen LogP) is 2.19. The third-order valence-electron chi connectivity index (χ3n) is 3.69. The van der Waals surface area contributed by atoms with Crippen LogP contribution in [0, 0.1) is 0 Å². The van der Waals surface area contributed by atoms with Crippen LogP contribution in [0.4, 0.5) is 0 Å². The number of nitrogens with zero attached hydrogens (tertiary/aromatic N) is 1. The summed E-state index contributed by atoms with van der Waals surface area (Å²) in [5, 5.41) is 0. The number of nitrogens with two attached hydrogens (primary N) is 1. The first-order valence-electron chi connectivity index (χ1n) is 7.47. The van der Waals surface area contributed by atoms with Gasteiger partial charge in [0.25, 0.3) is 0 Å². The number of benzene rings is 1. The average Bonchev–Trinajstić information content (AvgIpc) is 2.41. The lowest BCUT2D eigenvalue weighted by molar-refractivity contribution is -0.0801. The van der Waals surface area contributed by atoms with Gasteiger partial charge in [0.05, 0.1) is 24.9 Å². The van der Waals surface area contributed by atoms with Crippen LogP contribution in [-0.4, -0.2) is 43.3 Å². The maximum atomic E-state index is 6.05. The monoisotopic (exact) mass is 278 g/mol. The van der Waals surface area contributed by atoms with E-state index in [0.29, 0.717) is 13.2 Å². The number of hydrogen-bond acceptors (Lipinski definition) is 4. The van der Waals surface area contributed by atoms with E-state index >= 15 is 0 Å². The molecule has 0 unspecified atom stereocenters. The molecule has 1 aliphatic rings. The van der Waals surface area contributed by atoms with Crippen molar-refractivity contribution in [1.29, 1.82) is 0 Å². The summed E-state index contributed by atoms with van der Waals surface area (Å²) in [5.41, 5.74) is 7.23. The smallest absolute Gasteiger partial charge is 0.124 e. The van der Waals surface area contributed by atoms with E-state index in [1.165, 1.54) is 5.56 Å². The third kappa shape index (κ3) is 3.51. The van der Waals surface area contributed by atoms with E-state index in [4.69, 9.17) is 15.2 Å². The molecule has 0 aromatic heterocycles. The minimum atomic E-state index is 0.187. The van der Waals surface area contributed by atoms with E-state index in [1.807, 2.05) is 25.1 Å². The van der Waals surface area contributed by atoms with Crippen LogP contribution in [0.5, 0.6) is 5.75 Å². The van der Waals surface area contributed by atoms with Crippen LogP contribution in [0.25, 0.3) is 0 Å². The molecular weight excluding hydrogens is 252 g/mol. The first kappa shape index (κ1) is 15.3. The van der Waals surface area contributed by atoms with E-state index in [2.05, 4.69) is 24.8 Å². The van der Waals surface area contributed by atoms with E-state index < -0.39 is 0 Å². The molecule has 1 saturated heterocycles. The first-order chi connectivity index (χ1) is 9.65. The Kier molecular flexibility index (Phi) is 5.40. The summed E-state index contributed by atoms with van der Waals surface area (Å²) >= 11 is 0. The summed E-state index contributed by atoms with van der Waals surface area (Å²) in [4.78, 5) is 2.41. The highest BCUT2D eigenvalue weighted by molar-refractivity contribution is 5.36. The molecule has 0 bridgehead atoms. The second-order valence-electron chi connectivity index (χ2n) is 5.43. The molecule has 2 rings (SSSR count). The maximum absolute atomic E-state index is 6.05. The molecule has 4 nitrogen and oxygen atoms in total. The quantitative estimate of drug-likeness (QED) is 0.897. The highest BCUT2D eigenvalue weighted by atomic mass is 16.5. The summed E-state index contributed by atoms with van der Waals surface area (Å²) in [6, 6.07) is 8.38. The zero-order chi connectivity index (χ0) is 14.5. The Morgan fingerprint density at radius 3 is 2.55 bits per heavy atom. The second-order valence-corrected chi connectivity index (χ2v) is 5.43. The highest BCUT2D eigenvalue weighted by Gasteiger charge is 2.29. The van der Waals surface area contributed by atoms with Gasteiger partial charge in [0.15, 0.2) is 0 Å². The van der Waals surface area contributed by atoms with Crippen LogP contribution in [-0.2, 0) is 4.74 Å². The number of para-hydroxylation sites is 1. The Labute approximate surface area is 121 Å². The van der Waals surface area contributed by atoms with Crippen molar-refractivity contribution in [1.82, 2.24) is 4.90 Å². The van der Waals surface area contributed by atoms with Gasteiger partial charge in [-0.3, -0.25) is 4.90 Å². The van der Waals surface area contributed by atoms with Crippen molar-refractivity contribution in [3.05, 3.63) is 29.8 Å². The van der Waals surface area contributed by atoms with E-state index in [-0.39, 0.29) is 18.2 Å². The molecule has 0 spiro atoms. The third-order valence-corrected chi connectivity index (χ3v) is 3.69. The summed E-state index contributed by atoms with van der Waals surface area (Å²) in [6.07, 6.45) is 0.485. The lowest BCUT2D eigenvalue weighted by Gasteiger charge is -2.40. The Morgan fingerprint density at radius 2 is 1.95 bits per heavy atom. The lowest BCUT2D eigenvalue weighted by atomic mass is 10.0. The molecule has 1 aromatic carbocycles. The zero-order valence-corrected chi connectivity index (χ0v) is 12.7. The van der Waals surface area contributed by atoms with Gasteiger partial charge in [0.1, 0.15) is 5.75 Å². The molecule has 1 heterocycles. The summed E-state index contributed by atoms with van der Waals surface area (Å²) in [5.74, 6) is 0.942. The number of morpholine rings is 1. The van der Waals surface area contributed by atoms with Crippen molar-refractivity contribution in [2.45, 2.75) is 39.0 Å². The molecule has 1 fully saturated rings. The van der Waals surface area contributed by atoms with Crippen LogP contribution in [0.1, 0.15) is 32.4 Å². The fraction of sp³-hybridized carbons (Fsp3) is 0.625. The minimum Gasteiger partial charge on any atom is -0.494 e. The van der Waals surface area contributed by atoms with Crippen molar-refractivity contribution >= 4 is 0 Å². The van der Waals surface area contributed by atoms with Crippen molar-refractivity contribution in [2.24, 2.45) is 5.73 Å². The average molecular weight is 278 g/mol. The van der Waals surface area contributed by atoms with Gasteiger partial charge in [-0.05, 0) is 26.8 Å². The normalized spacial score (nSPS) is 25.4. The molecule has 20 heavy (non-hydrogen) atoms. The first-order valence-corrected chi connectivity index (χ1v) is 7.47. The van der Waals surface area contributed by atoms with Crippen LogP contribution in [0.15, 0.2) is 24.3 Å². The minimum absolute atomic E-state index is 0.187. The molecule has 0 aliphatic carbocycles. The van der Waals surface area contributed by atoms with Crippen LogP contribution < -0.4 is 10.5 Å². The summed E-state index contributed by atoms with van der Waals surface area (Å²) in [6.45, 7) is 9.32. The van der Waals surface area contributed by atoms with Gasteiger partial charge in [0.2, 0.25) is 0 Å². The molecule has 112 valence electrons. The van der Waals surface area contributed by atoms with Crippen molar-refractivity contribution < 1.29 is 9.47 Å². The van der Waals surface area contributed by atoms with Gasteiger partial charge in [-0.1, -0.05) is 18.2 Å². The van der Waals surface area contributed by atoms with Gasteiger partial charge < -0.3 is 15.2 Å². The standard InChI is InChI=1S/C16H26N2O2/c1-4-19-16-8-6-5-7-14(16)15(9-17)18-10-12(2)20-13(3)11-18/h5-8,12-13,15H,4,9-11,17H2,1-3H3/t12-,13-,15+/m1/s1. The van der Waals surface area contributed by atoms with E-state index in [1.54, 1.807) is 0 Å². The molecule has 3 atom stereocenters. The molecule has 2 N–H and O–H groups in total. The van der Waals surface area contributed by atoms with Gasteiger partial charge >= 0.3 is 0 Å². The number of hydrogen-bond donors (Lipinski definition) is 1. The van der Waals surface area contributed by atoms with Gasteiger partial charge in [-0.15, -0.1) is 0 Å². The van der Waals surface area contributed by atoms with Gasteiger partial charge in [-0.2, -0.15) is 0 Å². The fourth-order valence-electron chi connectivity index (χ4n) is 2.99. The molecule has 0 radical (unpaired) electrons. The van der Waals surface area contributed by atoms with Crippen molar-refractivity contribution in [3.8, 4) is 5.75 Å². The van der Waals surface area contributed by atoms with Gasteiger partial charge in [0, 0.05) is 25.2 Å². The van der Waals surface area contributed by atoms with Crippen LogP contribution in [0.3, 0.4) is 0 Å². The Balaban J connectivity index is 2.23. The molecule has 4 heteroatoms. The highest BCUT2D eigenvalue weighted by Crippen LogP contribution is 2.30. The molecule has 1 aliphatic heterocycles. The van der Waals surface area contributed by atoms with Crippen molar-refractivity contribution in [3.63, 3.8) is 0 Å². The molecular formula is C16H26N2O2. The van der Waals surface area contributed by atoms with Crippen LogP contribution in [0.2, 0.25) is 0 Å². The second kappa shape index (κ2) is 7.07. The van der Waals surface area contributed by atoms with Gasteiger partial charge in [-0.25, -0.2) is 0 Å². The summed E-state index contributed by atoms with van der Waals surface area (Å²) < 4.78 is 11.6. The Hall–Kier alpha value is -1.10. The topological polar surface area (TPSA) is 47.7 Å².